The number of nitrogens with zero attached hydrogens (tertiary/aromatic N) is 5. The first-order valence-electron chi connectivity index (χ1n) is 9.78. The molecule has 0 spiro atoms. The van der Waals surface area contributed by atoms with Crippen LogP contribution in [0.4, 0.5) is 0 Å². The van der Waals surface area contributed by atoms with E-state index in [0.29, 0.717) is 24.7 Å². The summed E-state index contributed by atoms with van der Waals surface area (Å²) < 4.78 is 1.85. The minimum absolute atomic E-state index is 0.0812. The monoisotopic (exact) mass is 377 g/mol. The second-order valence-corrected chi connectivity index (χ2v) is 8.80. The lowest BCUT2D eigenvalue weighted by Crippen LogP contribution is -2.45. The van der Waals surface area contributed by atoms with Gasteiger partial charge in [0.15, 0.2) is 5.82 Å². The van der Waals surface area contributed by atoms with Gasteiger partial charge in [-0.3, -0.25) is 9.59 Å². The SMILES string of the molecule is Cn1c(CO)nnc1CC1CCN(C(=O)[C@@H]2CC(=O)N(C(C)(C)C)C2)CC1. The molecule has 8 heteroatoms. The van der Waals surface area contributed by atoms with Crippen LogP contribution in [0.25, 0.3) is 0 Å². The molecule has 0 saturated carbocycles. The molecule has 0 aromatic carbocycles. The van der Waals surface area contributed by atoms with Crippen LogP contribution in [-0.4, -0.2) is 66.7 Å². The zero-order valence-electron chi connectivity index (χ0n) is 16.8. The van der Waals surface area contributed by atoms with Gasteiger partial charge >= 0.3 is 0 Å². The van der Waals surface area contributed by atoms with Gasteiger partial charge in [-0.1, -0.05) is 0 Å². The van der Waals surface area contributed by atoms with Gasteiger partial charge in [0.05, 0.1) is 5.92 Å². The molecule has 2 aliphatic heterocycles. The zero-order valence-corrected chi connectivity index (χ0v) is 16.8. The Morgan fingerprint density at radius 3 is 2.33 bits per heavy atom. The molecule has 3 heterocycles. The van der Waals surface area contributed by atoms with Crippen molar-refractivity contribution in [2.75, 3.05) is 19.6 Å². The van der Waals surface area contributed by atoms with E-state index >= 15 is 0 Å². The molecule has 1 aromatic rings. The van der Waals surface area contributed by atoms with E-state index in [1.165, 1.54) is 0 Å². The van der Waals surface area contributed by atoms with Crippen molar-refractivity contribution in [2.24, 2.45) is 18.9 Å². The molecule has 1 atom stereocenters. The van der Waals surface area contributed by atoms with Crippen LogP contribution in [0.15, 0.2) is 0 Å². The maximum absolute atomic E-state index is 12.9. The van der Waals surface area contributed by atoms with Gasteiger partial charge in [-0.15, -0.1) is 10.2 Å². The van der Waals surface area contributed by atoms with Gasteiger partial charge in [-0.2, -0.15) is 0 Å². The van der Waals surface area contributed by atoms with Crippen molar-refractivity contribution in [1.29, 1.82) is 0 Å². The molecule has 2 aliphatic rings. The molecule has 0 unspecified atom stereocenters. The number of likely N-dealkylation sites (tertiary alicyclic amines) is 2. The Balaban J connectivity index is 1.52. The quantitative estimate of drug-likeness (QED) is 0.835. The molecule has 150 valence electrons. The third kappa shape index (κ3) is 4.15. The van der Waals surface area contributed by atoms with Crippen LogP contribution in [0.5, 0.6) is 0 Å². The minimum Gasteiger partial charge on any atom is -0.388 e. The van der Waals surface area contributed by atoms with Crippen LogP contribution >= 0.6 is 0 Å². The van der Waals surface area contributed by atoms with E-state index in [4.69, 9.17) is 0 Å². The Bertz CT molecular complexity index is 701. The molecule has 0 radical (unpaired) electrons. The highest BCUT2D eigenvalue weighted by atomic mass is 16.3. The normalized spacial score (nSPS) is 22.0. The highest BCUT2D eigenvalue weighted by molar-refractivity contribution is 5.89. The predicted octanol–water partition coefficient (Wildman–Crippen LogP) is 0.736. The number of carbonyl (C=O) groups is 2. The molecule has 8 nitrogen and oxygen atoms in total. The Labute approximate surface area is 160 Å². The Morgan fingerprint density at radius 1 is 1.19 bits per heavy atom. The van der Waals surface area contributed by atoms with Crippen molar-refractivity contribution in [3.63, 3.8) is 0 Å². The fourth-order valence-electron chi connectivity index (χ4n) is 4.11. The Hall–Kier alpha value is -1.96. The molecule has 27 heavy (non-hydrogen) atoms. The van der Waals surface area contributed by atoms with Gasteiger partial charge in [0.1, 0.15) is 12.4 Å². The van der Waals surface area contributed by atoms with E-state index in [1.54, 1.807) is 0 Å². The Morgan fingerprint density at radius 2 is 1.81 bits per heavy atom. The molecule has 3 rings (SSSR count). The number of rotatable bonds is 4. The van der Waals surface area contributed by atoms with Crippen LogP contribution in [0.1, 0.15) is 51.7 Å². The minimum atomic E-state index is -0.233. The second-order valence-electron chi connectivity index (χ2n) is 8.80. The summed E-state index contributed by atoms with van der Waals surface area (Å²) in [6, 6.07) is 0. The third-order valence-corrected chi connectivity index (χ3v) is 5.88. The number of aromatic nitrogens is 3. The summed E-state index contributed by atoms with van der Waals surface area (Å²) in [6.45, 7) is 7.92. The lowest BCUT2D eigenvalue weighted by Gasteiger charge is -2.34. The van der Waals surface area contributed by atoms with E-state index in [1.807, 2.05) is 42.2 Å². The fourth-order valence-corrected chi connectivity index (χ4v) is 4.11. The topological polar surface area (TPSA) is 91.6 Å². The maximum Gasteiger partial charge on any atom is 0.227 e. The second kappa shape index (κ2) is 7.58. The van der Waals surface area contributed by atoms with E-state index < -0.39 is 0 Å². The van der Waals surface area contributed by atoms with Crippen molar-refractivity contribution in [3.8, 4) is 0 Å². The summed E-state index contributed by atoms with van der Waals surface area (Å²) in [5.74, 6) is 1.91. The average Bonchev–Trinajstić information content (AvgIpc) is 3.18. The largest absolute Gasteiger partial charge is 0.388 e. The first-order chi connectivity index (χ1) is 12.7. The first-order valence-corrected chi connectivity index (χ1v) is 9.78. The van der Waals surface area contributed by atoms with Crippen LogP contribution < -0.4 is 0 Å². The lowest BCUT2D eigenvalue weighted by atomic mass is 9.92. The van der Waals surface area contributed by atoms with Gasteiger partial charge in [0.25, 0.3) is 0 Å². The highest BCUT2D eigenvalue weighted by Gasteiger charge is 2.41. The number of piperidine rings is 1. The van der Waals surface area contributed by atoms with Gasteiger partial charge in [0, 0.05) is 45.1 Å². The van der Waals surface area contributed by atoms with Crippen molar-refractivity contribution >= 4 is 11.8 Å². The average molecular weight is 377 g/mol. The standard InChI is InChI=1S/C19H31N5O3/c1-19(2,3)24-11-14(10-17(24)26)18(27)23-7-5-13(6-8-23)9-15-20-21-16(12-25)22(15)4/h13-14,25H,5-12H2,1-4H3/t14-/m1/s1. The third-order valence-electron chi connectivity index (χ3n) is 5.88. The Kier molecular flexibility index (Phi) is 5.55. The van der Waals surface area contributed by atoms with E-state index in [0.717, 1.165) is 38.2 Å². The van der Waals surface area contributed by atoms with Crippen LogP contribution in [0.3, 0.4) is 0 Å². The summed E-state index contributed by atoms with van der Waals surface area (Å²) in [5.41, 5.74) is -0.233. The van der Waals surface area contributed by atoms with E-state index in [-0.39, 0.29) is 29.9 Å². The molecular weight excluding hydrogens is 346 g/mol. The maximum atomic E-state index is 12.9. The number of amides is 2. The van der Waals surface area contributed by atoms with Crippen molar-refractivity contribution in [1.82, 2.24) is 24.6 Å². The number of hydrogen-bond donors (Lipinski definition) is 1. The molecule has 1 aromatic heterocycles. The van der Waals surface area contributed by atoms with Crippen molar-refractivity contribution in [2.45, 2.75) is 58.6 Å². The molecule has 2 amide bonds. The smallest absolute Gasteiger partial charge is 0.227 e. The number of hydrogen-bond acceptors (Lipinski definition) is 5. The van der Waals surface area contributed by atoms with Crippen LogP contribution in [0, 0.1) is 11.8 Å². The van der Waals surface area contributed by atoms with Crippen LogP contribution in [0.2, 0.25) is 0 Å². The summed E-state index contributed by atoms with van der Waals surface area (Å²) in [7, 11) is 1.87. The summed E-state index contributed by atoms with van der Waals surface area (Å²) in [4.78, 5) is 28.9. The molecule has 2 saturated heterocycles. The molecule has 0 aliphatic carbocycles. The zero-order chi connectivity index (χ0) is 19.8. The van der Waals surface area contributed by atoms with Gasteiger partial charge in [-0.05, 0) is 39.5 Å². The summed E-state index contributed by atoms with van der Waals surface area (Å²) >= 11 is 0. The number of aliphatic hydroxyl groups excluding tert-OH is 1. The van der Waals surface area contributed by atoms with Gasteiger partial charge in [-0.25, -0.2) is 0 Å². The van der Waals surface area contributed by atoms with E-state index in [2.05, 4.69) is 10.2 Å². The van der Waals surface area contributed by atoms with Gasteiger partial charge in [0.2, 0.25) is 11.8 Å². The molecule has 2 fully saturated rings. The number of aliphatic hydroxyl groups is 1. The van der Waals surface area contributed by atoms with Crippen LogP contribution in [-0.2, 0) is 29.7 Å². The van der Waals surface area contributed by atoms with E-state index in [9.17, 15) is 14.7 Å². The van der Waals surface area contributed by atoms with Crippen molar-refractivity contribution < 1.29 is 14.7 Å². The molecule has 0 bridgehead atoms. The highest BCUT2D eigenvalue weighted by Crippen LogP contribution is 2.29. The van der Waals surface area contributed by atoms with Gasteiger partial charge < -0.3 is 19.5 Å². The lowest BCUT2D eigenvalue weighted by molar-refractivity contribution is -0.137. The summed E-state index contributed by atoms with van der Waals surface area (Å²) in [5, 5.41) is 17.4. The fraction of sp³-hybridized carbons (Fsp3) is 0.789. The number of carbonyl (C=O) groups excluding carboxylic acids is 2. The first kappa shape index (κ1) is 19.8. The van der Waals surface area contributed by atoms with Crippen molar-refractivity contribution in [3.05, 3.63) is 11.6 Å². The molecule has 1 N–H and O–H groups in total. The predicted molar refractivity (Wildman–Crippen MR) is 99.5 cm³/mol. The summed E-state index contributed by atoms with van der Waals surface area (Å²) in [6.07, 6.45) is 3.00. The molecular formula is C19H31N5O3.